The van der Waals surface area contributed by atoms with Gasteiger partial charge < -0.3 is 4.89 Å². The van der Waals surface area contributed by atoms with Gasteiger partial charge in [-0.15, -0.1) is 0 Å². The van der Waals surface area contributed by atoms with Crippen molar-refractivity contribution in [3.05, 3.63) is 12.2 Å². The first-order chi connectivity index (χ1) is 3.00. The molecule has 0 saturated carbocycles. The van der Waals surface area contributed by atoms with Crippen molar-refractivity contribution in [2.24, 2.45) is 0 Å². The van der Waals surface area contributed by atoms with Crippen molar-refractivity contribution < 1.29 is 14.7 Å². The molecule has 3 nitrogen and oxygen atoms in total. The van der Waals surface area contributed by atoms with E-state index in [9.17, 15) is 0 Å². The van der Waals surface area contributed by atoms with Crippen molar-refractivity contribution >= 4 is 7.48 Å². The largest absolute Gasteiger partial charge is 0.357 e. The molecule has 0 saturated heterocycles. The molecule has 0 bridgehead atoms. The molecular formula is C2H3BO3. The third-order valence-electron chi connectivity index (χ3n) is 0.403. The molecule has 0 aromatic heterocycles. The molecule has 0 spiro atoms. The molecule has 1 heterocycles. The highest BCUT2D eigenvalue weighted by molar-refractivity contribution is 6.33. The Kier molecular flexibility index (Phi) is 1.14. The van der Waals surface area contributed by atoms with Gasteiger partial charge in [-0.05, 0) is 11.0 Å². The van der Waals surface area contributed by atoms with E-state index in [2.05, 4.69) is 14.7 Å². The van der Waals surface area contributed by atoms with Gasteiger partial charge in [0.25, 0.3) is 0 Å². The van der Waals surface area contributed by atoms with E-state index in [0.29, 0.717) is 7.48 Å². The Hall–Kier alpha value is -0.475. The third kappa shape index (κ3) is 0.736. The highest BCUT2D eigenvalue weighted by atomic mass is 17.5. The summed E-state index contributed by atoms with van der Waals surface area (Å²) in [6, 6.07) is 0. The molecule has 0 N–H and O–H groups in total. The Morgan fingerprint density at radius 1 is 1.50 bits per heavy atom. The van der Waals surface area contributed by atoms with E-state index < -0.39 is 0 Å². The van der Waals surface area contributed by atoms with Gasteiger partial charge in [0, 0.05) is 0 Å². The lowest BCUT2D eigenvalue weighted by molar-refractivity contribution is -0.445. The summed E-state index contributed by atoms with van der Waals surface area (Å²) >= 11 is 0. The molecule has 1 aliphatic heterocycles. The maximum atomic E-state index is 4.26. The molecule has 32 valence electrons. The minimum Gasteiger partial charge on any atom is -0.319 e. The first-order valence-electron chi connectivity index (χ1n) is 1.60. The average molecular weight is 85.9 g/mol. The van der Waals surface area contributed by atoms with Crippen LogP contribution >= 0.6 is 0 Å². The smallest absolute Gasteiger partial charge is 0.319 e. The second kappa shape index (κ2) is 1.84. The zero-order chi connectivity index (χ0) is 4.24. The zero-order valence-corrected chi connectivity index (χ0v) is 3.09. The lowest BCUT2D eigenvalue weighted by atomic mass is 10.0. The summed E-state index contributed by atoms with van der Waals surface area (Å²) in [6.45, 7) is 0. The summed E-state index contributed by atoms with van der Waals surface area (Å²) in [6.07, 6.45) is 1.42. The normalized spacial score (nSPS) is 18.7. The van der Waals surface area contributed by atoms with Gasteiger partial charge in [0.2, 0.25) is 0 Å². The van der Waals surface area contributed by atoms with Crippen LogP contribution in [0.25, 0.3) is 0 Å². The van der Waals surface area contributed by atoms with Crippen LogP contribution < -0.4 is 0 Å². The summed E-state index contributed by atoms with van der Waals surface area (Å²) in [4.78, 5) is 8.43. The standard InChI is InChI=1S/C2H3BO3/c1-2-4-6-5-3-1/h1-3H. The zero-order valence-electron chi connectivity index (χ0n) is 3.09. The molecule has 6 heavy (non-hydrogen) atoms. The predicted octanol–water partition coefficient (Wildman–Crippen LogP) is -0.298. The second-order valence-corrected chi connectivity index (χ2v) is 0.821. The summed E-state index contributed by atoms with van der Waals surface area (Å²) in [5.41, 5.74) is 0. The lowest BCUT2D eigenvalue weighted by Crippen LogP contribution is -2.00. The minimum atomic E-state index is 0.472. The van der Waals surface area contributed by atoms with Crippen LogP contribution in [-0.2, 0) is 14.7 Å². The van der Waals surface area contributed by atoms with Gasteiger partial charge in [0.1, 0.15) is 6.26 Å². The number of rotatable bonds is 0. The summed E-state index contributed by atoms with van der Waals surface area (Å²) < 4.78 is 0. The maximum absolute atomic E-state index is 4.26. The topological polar surface area (TPSA) is 27.7 Å². The van der Waals surface area contributed by atoms with E-state index in [1.807, 2.05) is 0 Å². The van der Waals surface area contributed by atoms with E-state index in [1.165, 1.54) is 6.26 Å². The second-order valence-electron chi connectivity index (χ2n) is 0.821. The van der Waals surface area contributed by atoms with Crippen LogP contribution in [0.2, 0.25) is 0 Å². The van der Waals surface area contributed by atoms with Gasteiger partial charge in [-0.25, -0.2) is 0 Å². The van der Waals surface area contributed by atoms with E-state index in [4.69, 9.17) is 0 Å². The van der Waals surface area contributed by atoms with E-state index >= 15 is 0 Å². The molecule has 0 unspecified atom stereocenters. The van der Waals surface area contributed by atoms with Crippen LogP contribution in [0.5, 0.6) is 0 Å². The van der Waals surface area contributed by atoms with Crippen molar-refractivity contribution in [1.82, 2.24) is 0 Å². The fourth-order valence-corrected chi connectivity index (χ4v) is 0.196. The molecule has 0 atom stereocenters. The molecule has 4 heteroatoms. The van der Waals surface area contributed by atoms with Crippen molar-refractivity contribution in [1.29, 1.82) is 0 Å². The molecule has 1 rings (SSSR count). The van der Waals surface area contributed by atoms with Crippen molar-refractivity contribution in [3.63, 3.8) is 0 Å². The van der Waals surface area contributed by atoms with Gasteiger partial charge in [0.05, 0.1) is 0 Å². The van der Waals surface area contributed by atoms with Crippen LogP contribution in [0.4, 0.5) is 0 Å². The Morgan fingerprint density at radius 3 is 2.67 bits per heavy atom. The summed E-state index contributed by atoms with van der Waals surface area (Å²) in [5.74, 6) is 1.70. The third-order valence-corrected chi connectivity index (χ3v) is 0.403. The van der Waals surface area contributed by atoms with E-state index in [0.717, 1.165) is 0 Å². The van der Waals surface area contributed by atoms with Gasteiger partial charge in [0.15, 0.2) is 0 Å². The first-order valence-corrected chi connectivity index (χ1v) is 1.60. The molecule has 0 fully saturated rings. The van der Waals surface area contributed by atoms with Crippen molar-refractivity contribution in [2.45, 2.75) is 0 Å². The van der Waals surface area contributed by atoms with Crippen LogP contribution in [0.3, 0.4) is 0 Å². The minimum absolute atomic E-state index is 0.472. The molecule has 1 aliphatic rings. The molecule has 0 aromatic carbocycles. The van der Waals surface area contributed by atoms with Gasteiger partial charge in [-0.3, -0.25) is 4.81 Å². The van der Waals surface area contributed by atoms with Crippen LogP contribution in [0, 0.1) is 0 Å². The number of hydrogen-bond acceptors (Lipinski definition) is 3. The highest BCUT2D eigenvalue weighted by Crippen LogP contribution is 1.87. The molecule has 0 amide bonds. The van der Waals surface area contributed by atoms with Crippen LogP contribution in [0.1, 0.15) is 0 Å². The lowest BCUT2D eigenvalue weighted by Gasteiger charge is -1.99. The summed E-state index contributed by atoms with van der Waals surface area (Å²) in [7, 11) is 0.472. The Labute approximate surface area is 35.6 Å². The SMILES string of the molecule is B1C=COOO1. The highest BCUT2D eigenvalue weighted by Gasteiger charge is 1.91. The monoisotopic (exact) mass is 86.0 g/mol. The Bertz CT molecular complexity index is 53.8. The fourth-order valence-electron chi connectivity index (χ4n) is 0.196. The number of hydrogen-bond donors (Lipinski definition) is 0. The van der Waals surface area contributed by atoms with E-state index in [-0.39, 0.29) is 0 Å². The van der Waals surface area contributed by atoms with Crippen molar-refractivity contribution in [3.8, 4) is 0 Å². The molecule has 0 aliphatic carbocycles. The average Bonchev–Trinajstić information content (AvgIpc) is 1.72. The Morgan fingerprint density at radius 2 is 2.50 bits per heavy atom. The molecule has 0 radical (unpaired) electrons. The maximum Gasteiger partial charge on any atom is 0.357 e. The van der Waals surface area contributed by atoms with Crippen LogP contribution in [-0.4, -0.2) is 7.48 Å². The fraction of sp³-hybridized carbons (Fsp3) is 0. The molecule has 0 aromatic rings. The van der Waals surface area contributed by atoms with Crippen molar-refractivity contribution in [2.75, 3.05) is 0 Å². The summed E-state index contributed by atoms with van der Waals surface area (Å²) in [5, 5.41) is 3.98. The Balaban J connectivity index is 2.26. The van der Waals surface area contributed by atoms with Gasteiger partial charge >= 0.3 is 7.48 Å². The van der Waals surface area contributed by atoms with E-state index in [1.54, 1.807) is 5.98 Å². The first kappa shape index (κ1) is 3.71. The van der Waals surface area contributed by atoms with Gasteiger partial charge in [-0.1, -0.05) is 0 Å². The quantitative estimate of drug-likeness (QED) is 0.299. The molecular weight excluding hydrogens is 82.8 g/mol. The van der Waals surface area contributed by atoms with Crippen LogP contribution in [0.15, 0.2) is 12.2 Å². The van der Waals surface area contributed by atoms with Gasteiger partial charge in [-0.2, -0.15) is 0 Å². The predicted molar refractivity (Wildman–Crippen MR) is 19.5 cm³/mol.